The van der Waals surface area contributed by atoms with E-state index >= 15 is 0 Å². The van der Waals surface area contributed by atoms with Crippen LogP contribution in [0.5, 0.6) is 5.75 Å². The Morgan fingerprint density at radius 1 is 1.15 bits per heavy atom. The van der Waals surface area contributed by atoms with Crippen molar-refractivity contribution in [3.05, 3.63) is 41.2 Å². The minimum absolute atomic E-state index is 0.342. The summed E-state index contributed by atoms with van der Waals surface area (Å²) in [5, 5.41) is 9.93. The molecule has 0 bridgehead atoms. The van der Waals surface area contributed by atoms with Crippen molar-refractivity contribution >= 4 is 45.9 Å². The van der Waals surface area contributed by atoms with Gasteiger partial charge in [0.2, 0.25) is 5.95 Å². The zero-order valence-electron chi connectivity index (χ0n) is 19.2. The summed E-state index contributed by atoms with van der Waals surface area (Å²) < 4.78 is 10.4. The van der Waals surface area contributed by atoms with Crippen LogP contribution in [0.1, 0.15) is 26.5 Å². The van der Waals surface area contributed by atoms with Crippen molar-refractivity contribution in [3.63, 3.8) is 0 Å². The molecule has 0 aliphatic heterocycles. The summed E-state index contributed by atoms with van der Waals surface area (Å²) in [6.07, 6.45) is 1.03. The summed E-state index contributed by atoms with van der Waals surface area (Å²) in [5.41, 5.74) is 1.40. The van der Waals surface area contributed by atoms with Crippen LogP contribution in [-0.4, -0.2) is 46.8 Å². The molecular formula is C22H27ClN6O3S. The number of aromatic nitrogens is 3. The molecule has 0 aliphatic rings. The SMILES string of the molecule is COc1ccc(-c2sc(Nc3ncc(Cl)c(NCCNC(=O)OC(C)(C)C)n3)nc2C)cc1. The molecule has 3 rings (SSSR count). The van der Waals surface area contributed by atoms with Gasteiger partial charge in [-0.1, -0.05) is 22.9 Å². The lowest BCUT2D eigenvalue weighted by Crippen LogP contribution is -2.35. The third-order valence-corrected chi connectivity index (χ3v) is 5.60. The predicted octanol–water partition coefficient (Wildman–Crippen LogP) is 5.25. The van der Waals surface area contributed by atoms with Crippen LogP contribution in [0.25, 0.3) is 10.4 Å². The van der Waals surface area contributed by atoms with Gasteiger partial charge >= 0.3 is 6.09 Å². The molecule has 1 amide bonds. The summed E-state index contributed by atoms with van der Waals surface area (Å²) in [7, 11) is 1.64. The molecule has 2 heterocycles. The van der Waals surface area contributed by atoms with Gasteiger partial charge in [-0.15, -0.1) is 0 Å². The molecule has 9 nitrogen and oxygen atoms in total. The van der Waals surface area contributed by atoms with E-state index in [1.807, 2.05) is 52.0 Å². The van der Waals surface area contributed by atoms with Crippen LogP contribution in [0.4, 0.5) is 21.7 Å². The Labute approximate surface area is 201 Å². The van der Waals surface area contributed by atoms with Gasteiger partial charge in [0, 0.05) is 13.1 Å². The molecule has 2 aromatic heterocycles. The average Bonchev–Trinajstić information content (AvgIpc) is 3.12. The standard InChI is InChI=1S/C22H27ClN6O3S/c1-13-17(14-6-8-15(31-5)9-7-14)33-20(27-13)29-19-26-12-16(23)18(28-19)24-10-11-25-21(30)32-22(2,3)4/h6-9,12H,10-11H2,1-5H3,(H,25,30)(H2,24,26,27,28,29). The van der Waals surface area contributed by atoms with Crippen LogP contribution in [0.3, 0.4) is 0 Å². The number of nitrogens with zero attached hydrogens (tertiary/aromatic N) is 3. The number of hydrogen-bond donors (Lipinski definition) is 3. The highest BCUT2D eigenvalue weighted by Crippen LogP contribution is 2.34. The number of anilines is 3. The summed E-state index contributed by atoms with van der Waals surface area (Å²) in [6.45, 7) is 8.13. The first-order valence-electron chi connectivity index (χ1n) is 10.3. The maximum Gasteiger partial charge on any atom is 0.407 e. The van der Waals surface area contributed by atoms with E-state index in [-0.39, 0.29) is 0 Å². The van der Waals surface area contributed by atoms with Gasteiger partial charge in [0.15, 0.2) is 10.9 Å². The lowest BCUT2D eigenvalue weighted by molar-refractivity contribution is 0.0530. The van der Waals surface area contributed by atoms with Crippen molar-refractivity contribution in [1.29, 1.82) is 0 Å². The lowest BCUT2D eigenvalue weighted by Gasteiger charge is -2.19. The monoisotopic (exact) mass is 490 g/mol. The number of halogens is 1. The number of rotatable bonds is 8. The average molecular weight is 491 g/mol. The first-order chi connectivity index (χ1) is 15.6. The van der Waals surface area contributed by atoms with Gasteiger partial charge in [0.05, 0.1) is 23.9 Å². The zero-order chi connectivity index (χ0) is 24.0. The first-order valence-corrected chi connectivity index (χ1v) is 11.5. The van der Waals surface area contributed by atoms with Crippen LogP contribution in [0.2, 0.25) is 5.02 Å². The van der Waals surface area contributed by atoms with Crippen molar-refractivity contribution in [3.8, 4) is 16.2 Å². The Morgan fingerprint density at radius 3 is 2.55 bits per heavy atom. The Morgan fingerprint density at radius 2 is 1.88 bits per heavy atom. The van der Waals surface area contributed by atoms with Crippen molar-refractivity contribution in [2.75, 3.05) is 30.8 Å². The van der Waals surface area contributed by atoms with E-state index in [2.05, 4.69) is 30.9 Å². The fraction of sp³-hybridized carbons (Fsp3) is 0.364. The van der Waals surface area contributed by atoms with Crippen molar-refractivity contribution in [1.82, 2.24) is 20.3 Å². The van der Waals surface area contributed by atoms with Crippen molar-refractivity contribution in [2.45, 2.75) is 33.3 Å². The minimum atomic E-state index is -0.546. The van der Waals surface area contributed by atoms with E-state index < -0.39 is 11.7 Å². The highest BCUT2D eigenvalue weighted by molar-refractivity contribution is 7.19. The summed E-state index contributed by atoms with van der Waals surface area (Å²) in [5.74, 6) is 1.61. The molecule has 176 valence electrons. The Kier molecular flexibility index (Phi) is 7.93. The van der Waals surface area contributed by atoms with E-state index in [1.54, 1.807) is 7.11 Å². The maximum absolute atomic E-state index is 11.7. The van der Waals surface area contributed by atoms with Gasteiger partial charge in [-0.25, -0.2) is 14.8 Å². The van der Waals surface area contributed by atoms with Gasteiger partial charge in [-0.2, -0.15) is 4.98 Å². The molecule has 33 heavy (non-hydrogen) atoms. The van der Waals surface area contributed by atoms with Gasteiger partial charge in [0.25, 0.3) is 0 Å². The van der Waals surface area contributed by atoms with Gasteiger partial charge in [-0.05, 0) is 57.5 Å². The molecule has 0 unspecified atom stereocenters. The van der Waals surface area contributed by atoms with Crippen molar-refractivity contribution < 1.29 is 14.3 Å². The molecule has 0 fully saturated rings. The molecule has 3 N–H and O–H groups in total. The predicted molar refractivity (Wildman–Crippen MR) is 132 cm³/mol. The fourth-order valence-corrected chi connectivity index (χ4v) is 3.89. The van der Waals surface area contributed by atoms with Crippen LogP contribution in [0.15, 0.2) is 30.5 Å². The van der Waals surface area contributed by atoms with Crippen LogP contribution in [-0.2, 0) is 4.74 Å². The maximum atomic E-state index is 11.7. The summed E-state index contributed by atoms with van der Waals surface area (Å²) >= 11 is 7.71. The number of alkyl carbamates (subject to hydrolysis) is 1. The number of carbonyl (C=O) groups excluding carboxylic acids is 1. The number of nitrogens with one attached hydrogen (secondary N) is 3. The molecule has 0 saturated carbocycles. The second-order valence-corrected chi connectivity index (χ2v) is 9.44. The van der Waals surface area contributed by atoms with E-state index in [1.165, 1.54) is 17.5 Å². The van der Waals surface area contributed by atoms with E-state index in [0.717, 1.165) is 21.9 Å². The van der Waals surface area contributed by atoms with Crippen molar-refractivity contribution in [2.24, 2.45) is 0 Å². The van der Waals surface area contributed by atoms with Gasteiger partial charge < -0.3 is 20.1 Å². The fourth-order valence-electron chi connectivity index (χ4n) is 2.77. The Bertz CT molecular complexity index is 1100. The topological polar surface area (TPSA) is 110 Å². The Balaban J connectivity index is 1.61. The van der Waals surface area contributed by atoms with Crippen LogP contribution >= 0.6 is 22.9 Å². The quantitative estimate of drug-likeness (QED) is 0.367. The summed E-state index contributed by atoms with van der Waals surface area (Å²) in [4.78, 5) is 26.0. The molecule has 0 spiro atoms. The number of carbonyl (C=O) groups is 1. The molecule has 0 saturated heterocycles. The lowest BCUT2D eigenvalue weighted by atomic mass is 10.1. The minimum Gasteiger partial charge on any atom is -0.497 e. The smallest absolute Gasteiger partial charge is 0.407 e. The number of benzene rings is 1. The molecule has 3 aromatic rings. The molecule has 0 radical (unpaired) electrons. The highest BCUT2D eigenvalue weighted by atomic mass is 35.5. The molecule has 1 aromatic carbocycles. The second kappa shape index (κ2) is 10.7. The van der Waals surface area contributed by atoms with Gasteiger partial charge in [-0.3, -0.25) is 5.32 Å². The highest BCUT2D eigenvalue weighted by Gasteiger charge is 2.16. The van der Waals surface area contributed by atoms with E-state index in [4.69, 9.17) is 21.1 Å². The third-order valence-electron chi connectivity index (χ3n) is 4.20. The van der Waals surface area contributed by atoms with E-state index in [9.17, 15) is 4.79 Å². The normalized spacial score (nSPS) is 11.1. The zero-order valence-corrected chi connectivity index (χ0v) is 20.7. The van der Waals surface area contributed by atoms with E-state index in [0.29, 0.717) is 35.0 Å². The molecular weight excluding hydrogens is 464 g/mol. The first kappa shape index (κ1) is 24.5. The number of aryl methyl sites for hydroxylation is 1. The Hall–Kier alpha value is -3.11. The van der Waals surface area contributed by atoms with Crippen LogP contribution < -0.4 is 20.7 Å². The number of hydrogen-bond acceptors (Lipinski definition) is 9. The number of ether oxygens (including phenoxy) is 2. The molecule has 11 heteroatoms. The number of methoxy groups -OCH3 is 1. The molecule has 0 aliphatic carbocycles. The summed E-state index contributed by atoms with van der Waals surface area (Å²) in [6, 6.07) is 7.82. The van der Waals surface area contributed by atoms with Crippen LogP contribution in [0, 0.1) is 6.92 Å². The second-order valence-electron chi connectivity index (χ2n) is 8.03. The van der Waals surface area contributed by atoms with Gasteiger partial charge in [0.1, 0.15) is 16.4 Å². The third kappa shape index (κ3) is 7.19. The number of amides is 1. The molecule has 0 atom stereocenters. The number of thiazole rings is 1. The largest absolute Gasteiger partial charge is 0.497 e.